The van der Waals surface area contributed by atoms with Crippen molar-refractivity contribution in [2.45, 2.75) is 32.2 Å². The van der Waals surface area contributed by atoms with Crippen LogP contribution in [0, 0.1) is 6.92 Å². The Morgan fingerprint density at radius 2 is 2.04 bits per heavy atom. The molecule has 1 aromatic heterocycles. The number of nitrogens with zero attached hydrogens (tertiary/aromatic N) is 1. The van der Waals surface area contributed by atoms with Crippen LogP contribution in [0.3, 0.4) is 0 Å². The molecule has 0 aliphatic carbocycles. The Morgan fingerprint density at radius 3 is 2.64 bits per heavy atom. The molecule has 1 unspecified atom stereocenters. The number of amides is 1. The van der Waals surface area contributed by atoms with Crippen molar-refractivity contribution in [2.24, 2.45) is 0 Å². The van der Waals surface area contributed by atoms with Crippen molar-refractivity contribution in [3.63, 3.8) is 0 Å². The molecule has 1 N–H and O–H groups in total. The summed E-state index contributed by atoms with van der Waals surface area (Å²) in [6.45, 7) is 1.76. The molecule has 1 atom stereocenters. The maximum Gasteiger partial charge on any atom is 0.307 e. The number of rotatable bonds is 7. The van der Waals surface area contributed by atoms with Gasteiger partial charge in [-0.1, -0.05) is 35.0 Å². The Kier molecular flexibility index (Phi) is 6.84. The van der Waals surface area contributed by atoms with Crippen LogP contribution >= 0.6 is 23.2 Å². The van der Waals surface area contributed by atoms with Crippen LogP contribution in [0.5, 0.6) is 0 Å². The Morgan fingerprint density at radius 1 is 1.32 bits per heavy atom. The van der Waals surface area contributed by atoms with Gasteiger partial charge in [0.1, 0.15) is 0 Å². The molecule has 0 aliphatic rings. The van der Waals surface area contributed by atoms with Gasteiger partial charge in [-0.2, -0.15) is 0 Å². The van der Waals surface area contributed by atoms with E-state index < -0.39 is 12.0 Å². The van der Waals surface area contributed by atoms with Gasteiger partial charge < -0.3 is 14.6 Å². The lowest BCUT2D eigenvalue weighted by atomic mass is 10.0. The molecule has 1 amide bonds. The van der Waals surface area contributed by atoms with Crippen molar-refractivity contribution >= 4 is 35.1 Å². The maximum absolute atomic E-state index is 12.3. The van der Waals surface area contributed by atoms with Crippen LogP contribution in [0.2, 0.25) is 10.2 Å². The van der Waals surface area contributed by atoms with E-state index in [-0.39, 0.29) is 24.0 Å². The van der Waals surface area contributed by atoms with E-state index >= 15 is 0 Å². The summed E-state index contributed by atoms with van der Waals surface area (Å²) in [7, 11) is 1.30. The maximum atomic E-state index is 12.3. The lowest BCUT2D eigenvalue weighted by Gasteiger charge is -2.19. The van der Waals surface area contributed by atoms with E-state index in [1.54, 1.807) is 31.2 Å². The predicted octanol–water partition coefficient (Wildman–Crippen LogP) is 3.64. The molecule has 2 rings (SSSR count). The molecule has 0 fully saturated rings. The summed E-state index contributed by atoms with van der Waals surface area (Å²) in [5, 5.41) is 7.22. The summed E-state index contributed by atoms with van der Waals surface area (Å²) in [4.78, 5) is 24.0. The fourth-order valence-electron chi connectivity index (χ4n) is 2.39. The Hall–Kier alpha value is -2.05. The minimum Gasteiger partial charge on any atom is -0.469 e. The molecule has 25 heavy (non-hydrogen) atoms. The van der Waals surface area contributed by atoms with Crippen LogP contribution in [-0.2, 0) is 20.7 Å². The third kappa shape index (κ3) is 5.21. The van der Waals surface area contributed by atoms with Gasteiger partial charge in [0, 0.05) is 17.0 Å². The number of aromatic nitrogens is 1. The average Bonchev–Trinajstić information content (AvgIpc) is 2.91. The molecule has 6 nitrogen and oxygen atoms in total. The standard InChI is InChI=1S/C17H18Cl2N2O4/c1-10-11(17(19)25-21-10)7-8-15(22)20-14(9-16(23)24-2)12-5-3-4-6-13(12)18/h3-6,14H,7-9H2,1-2H3,(H,20,22). The molecule has 0 radical (unpaired) electrons. The van der Waals surface area contributed by atoms with Crippen molar-refractivity contribution in [3.8, 4) is 0 Å². The summed E-state index contributed by atoms with van der Waals surface area (Å²) >= 11 is 12.1. The summed E-state index contributed by atoms with van der Waals surface area (Å²) in [6.07, 6.45) is 0.538. The summed E-state index contributed by atoms with van der Waals surface area (Å²) in [5.41, 5.74) is 2.00. The third-order valence-corrected chi connectivity index (χ3v) is 4.39. The predicted molar refractivity (Wildman–Crippen MR) is 93.5 cm³/mol. The van der Waals surface area contributed by atoms with Gasteiger partial charge in [0.05, 0.1) is 25.3 Å². The highest BCUT2D eigenvalue weighted by Crippen LogP contribution is 2.26. The second-order valence-corrected chi connectivity index (χ2v) is 6.19. The molecule has 0 bridgehead atoms. The molecule has 1 heterocycles. The van der Waals surface area contributed by atoms with Crippen LogP contribution in [0.4, 0.5) is 0 Å². The fraction of sp³-hybridized carbons (Fsp3) is 0.353. The molecular weight excluding hydrogens is 367 g/mol. The summed E-state index contributed by atoms with van der Waals surface area (Å²) < 4.78 is 9.57. The lowest BCUT2D eigenvalue weighted by Crippen LogP contribution is -2.30. The summed E-state index contributed by atoms with van der Waals surface area (Å²) in [6, 6.07) is 6.45. The van der Waals surface area contributed by atoms with Crippen molar-refractivity contribution in [1.29, 1.82) is 0 Å². The smallest absolute Gasteiger partial charge is 0.307 e. The Balaban J connectivity index is 2.06. The molecule has 2 aromatic rings. The minimum absolute atomic E-state index is 0.0149. The van der Waals surface area contributed by atoms with E-state index in [9.17, 15) is 9.59 Å². The minimum atomic E-state index is -0.576. The highest BCUT2D eigenvalue weighted by molar-refractivity contribution is 6.31. The molecule has 0 aliphatic heterocycles. The molecule has 8 heteroatoms. The van der Waals surface area contributed by atoms with Gasteiger partial charge in [-0.15, -0.1) is 0 Å². The molecule has 134 valence electrons. The van der Waals surface area contributed by atoms with Crippen molar-refractivity contribution in [1.82, 2.24) is 10.5 Å². The van der Waals surface area contributed by atoms with Gasteiger partial charge in [-0.25, -0.2) is 0 Å². The monoisotopic (exact) mass is 384 g/mol. The van der Waals surface area contributed by atoms with Gasteiger partial charge >= 0.3 is 5.97 Å². The van der Waals surface area contributed by atoms with E-state index in [1.807, 2.05) is 0 Å². The highest BCUT2D eigenvalue weighted by Gasteiger charge is 2.21. The Labute approximate surface area is 155 Å². The zero-order valence-electron chi connectivity index (χ0n) is 13.8. The van der Waals surface area contributed by atoms with Gasteiger partial charge in [-0.3, -0.25) is 9.59 Å². The summed E-state index contributed by atoms with van der Waals surface area (Å²) in [5.74, 6) is -0.686. The number of esters is 1. The number of aryl methyl sites for hydroxylation is 1. The van der Waals surface area contributed by atoms with Gasteiger partial charge in [-0.05, 0) is 36.6 Å². The number of halogens is 2. The molecule has 0 saturated carbocycles. The molecular formula is C17H18Cl2N2O4. The lowest BCUT2D eigenvalue weighted by molar-refractivity contribution is -0.141. The van der Waals surface area contributed by atoms with Gasteiger partial charge in [0.25, 0.3) is 0 Å². The largest absolute Gasteiger partial charge is 0.469 e. The number of hydrogen-bond donors (Lipinski definition) is 1. The van der Waals surface area contributed by atoms with E-state index in [2.05, 4.69) is 10.5 Å². The Bertz CT molecular complexity index is 741. The van der Waals surface area contributed by atoms with E-state index in [0.29, 0.717) is 28.3 Å². The van der Waals surface area contributed by atoms with E-state index in [4.69, 9.17) is 32.5 Å². The fourth-order valence-corrected chi connectivity index (χ4v) is 2.92. The van der Waals surface area contributed by atoms with Crippen LogP contribution in [0.25, 0.3) is 0 Å². The number of methoxy groups -OCH3 is 1. The quantitative estimate of drug-likeness (QED) is 0.736. The van der Waals surface area contributed by atoms with Crippen LogP contribution in [-0.4, -0.2) is 24.1 Å². The third-order valence-electron chi connectivity index (χ3n) is 3.75. The topological polar surface area (TPSA) is 81.4 Å². The molecule has 1 aromatic carbocycles. The number of carbonyl (C=O) groups is 2. The first-order valence-electron chi connectivity index (χ1n) is 7.63. The van der Waals surface area contributed by atoms with Gasteiger partial charge in [0.2, 0.25) is 11.1 Å². The molecule has 0 saturated heterocycles. The number of carbonyl (C=O) groups excluding carboxylic acids is 2. The zero-order valence-corrected chi connectivity index (χ0v) is 15.4. The first kappa shape index (κ1) is 19.3. The number of hydrogen-bond acceptors (Lipinski definition) is 5. The van der Waals surface area contributed by atoms with Crippen molar-refractivity contribution in [2.75, 3.05) is 7.11 Å². The van der Waals surface area contributed by atoms with Crippen LogP contribution in [0.15, 0.2) is 28.8 Å². The normalized spacial score (nSPS) is 11.8. The van der Waals surface area contributed by atoms with Gasteiger partial charge in [0.15, 0.2) is 0 Å². The van der Waals surface area contributed by atoms with Crippen LogP contribution in [0.1, 0.15) is 35.7 Å². The van der Waals surface area contributed by atoms with E-state index in [0.717, 1.165) is 0 Å². The van der Waals surface area contributed by atoms with Crippen LogP contribution < -0.4 is 5.32 Å². The molecule has 0 spiro atoms. The number of nitrogens with one attached hydrogen (secondary N) is 1. The van der Waals surface area contributed by atoms with E-state index in [1.165, 1.54) is 7.11 Å². The number of benzene rings is 1. The number of ether oxygens (including phenoxy) is 1. The second-order valence-electron chi connectivity index (χ2n) is 5.44. The highest BCUT2D eigenvalue weighted by atomic mass is 35.5. The first-order chi connectivity index (χ1) is 11.9. The average molecular weight is 385 g/mol. The van der Waals surface area contributed by atoms with Crippen molar-refractivity contribution < 1.29 is 18.8 Å². The first-order valence-corrected chi connectivity index (χ1v) is 8.39. The van der Waals surface area contributed by atoms with Crippen molar-refractivity contribution in [3.05, 3.63) is 51.3 Å². The second kappa shape index (κ2) is 8.87. The zero-order chi connectivity index (χ0) is 18.4. The SMILES string of the molecule is COC(=O)CC(NC(=O)CCc1c(C)noc1Cl)c1ccccc1Cl.